The van der Waals surface area contributed by atoms with Gasteiger partial charge in [-0.15, -0.1) is 0 Å². The highest BCUT2D eigenvalue weighted by molar-refractivity contribution is 5.97. The van der Waals surface area contributed by atoms with Crippen LogP contribution in [0.4, 0.5) is 5.69 Å². The quantitative estimate of drug-likeness (QED) is 0.364. The van der Waals surface area contributed by atoms with Crippen LogP contribution in [0.15, 0.2) is 35.4 Å². The molecule has 0 aliphatic heterocycles. The van der Waals surface area contributed by atoms with E-state index in [1.165, 1.54) is 19.3 Å². The van der Waals surface area contributed by atoms with Crippen LogP contribution in [0, 0.1) is 17.8 Å². The van der Waals surface area contributed by atoms with Crippen LogP contribution in [0.3, 0.4) is 0 Å². The summed E-state index contributed by atoms with van der Waals surface area (Å²) in [4.78, 5) is 23.5. The number of aromatic amines is 1. The highest BCUT2D eigenvalue weighted by atomic mass is 16.5. The zero-order valence-corrected chi connectivity index (χ0v) is 20.9. The number of hydrogen-bond donors (Lipinski definition) is 4. The second-order valence-electron chi connectivity index (χ2n) is 11.8. The summed E-state index contributed by atoms with van der Waals surface area (Å²) in [5.41, 5.74) is 7.42. The highest BCUT2D eigenvalue weighted by Gasteiger charge is 2.56. The van der Waals surface area contributed by atoms with E-state index in [0.29, 0.717) is 35.2 Å². The van der Waals surface area contributed by atoms with E-state index in [0.717, 1.165) is 29.6 Å². The molecule has 10 nitrogen and oxygen atoms in total. The molecule has 3 aromatic rings. The Balaban J connectivity index is 1.29. The number of rotatable bonds is 7. The van der Waals surface area contributed by atoms with Crippen LogP contribution in [0.5, 0.6) is 0 Å². The van der Waals surface area contributed by atoms with Gasteiger partial charge in [-0.05, 0) is 83.3 Å². The van der Waals surface area contributed by atoms with Crippen molar-refractivity contribution in [1.82, 2.24) is 25.4 Å². The second-order valence-corrected chi connectivity index (χ2v) is 11.8. The molecule has 4 aliphatic rings. The van der Waals surface area contributed by atoms with Crippen LogP contribution in [0.2, 0.25) is 0 Å². The summed E-state index contributed by atoms with van der Waals surface area (Å²) in [6, 6.07) is 2.29. The van der Waals surface area contributed by atoms with Crippen molar-refractivity contribution in [3.63, 3.8) is 0 Å². The van der Waals surface area contributed by atoms with Crippen LogP contribution in [0.1, 0.15) is 63.5 Å². The summed E-state index contributed by atoms with van der Waals surface area (Å²) in [6.07, 6.45) is 9.26. The lowest BCUT2D eigenvalue weighted by Crippen LogP contribution is -2.64. The summed E-state index contributed by atoms with van der Waals surface area (Å²) in [5, 5.41) is 12.3. The molecule has 0 saturated heterocycles. The highest BCUT2D eigenvalue weighted by Crippen LogP contribution is 2.57. The number of nitrogens with one attached hydrogen (secondary N) is 3. The molecule has 4 bridgehead atoms. The Morgan fingerprint density at radius 3 is 2.69 bits per heavy atom. The van der Waals surface area contributed by atoms with Crippen molar-refractivity contribution in [1.29, 1.82) is 0 Å². The van der Waals surface area contributed by atoms with E-state index in [1.54, 1.807) is 6.20 Å². The van der Waals surface area contributed by atoms with Gasteiger partial charge in [0.2, 0.25) is 0 Å². The molecule has 3 heterocycles. The second kappa shape index (κ2) is 7.97. The molecule has 2 atom stereocenters. The van der Waals surface area contributed by atoms with E-state index in [-0.39, 0.29) is 22.9 Å². The van der Waals surface area contributed by atoms with Crippen molar-refractivity contribution in [2.75, 3.05) is 5.32 Å². The number of hydrogen-bond acceptors (Lipinski definition) is 8. The molecule has 190 valence electrons. The predicted octanol–water partition coefficient (Wildman–Crippen LogP) is 3.95. The molecule has 0 aromatic carbocycles. The van der Waals surface area contributed by atoms with Gasteiger partial charge in [0, 0.05) is 29.4 Å². The Hall–Kier alpha value is -3.56. The summed E-state index contributed by atoms with van der Waals surface area (Å²) < 4.78 is 11.4. The van der Waals surface area contributed by atoms with Crippen LogP contribution >= 0.6 is 0 Å². The Kier molecular flexibility index (Phi) is 5.07. The first kappa shape index (κ1) is 22.9. The first-order valence-electron chi connectivity index (χ1n) is 12.6. The number of carbonyl (C=O) groups is 1. The number of aromatic nitrogens is 4. The topological polar surface area (TPSA) is 144 Å². The number of amides is 1. The largest absolute Gasteiger partial charge is 0.474 e. The molecular weight excluding hydrogens is 458 g/mol. The lowest BCUT2D eigenvalue weighted by Gasteiger charge is -2.60. The molecule has 4 aliphatic carbocycles. The maximum absolute atomic E-state index is 11.5. The average Bonchev–Trinajstić information content (AvgIpc) is 3.43. The predicted molar refractivity (Wildman–Crippen MR) is 135 cm³/mol. The van der Waals surface area contributed by atoms with Gasteiger partial charge in [-0.1, -0.05) is 5.16 Å². The standard InChI is InChI=1S/C26H33N7O3/c1-13(35-25(2,3)4)32-26-9-14-7-15(10-26)19(16(8-14)11-26)30-20-17-5-6-28-22(17)29-12-18(20)24-31-23(21(27)34)33-36-24/h5-6,12,14-16,19,32H,1,7-11H2,2-4H3,(H2,27,34)(H2,28,29,30). The molecule has 4 fully saturated rings. The number of pyridine rings is 1. The van der Waals surface area contributed by atoms with Crippen LogP contribution < -0.4 is 16.4 Å². The molecule has 0 radical (unpaired) electrons. The van der Waals surface area contributed by atoms with Crippen molar-refractivity contribution in [2.24, 2.45) is 23.5 Å². The molecule has 4 saturated carbocycles. The Morgan fingerprint density at radius 1 is 1.28 bits per heavy atom. The number of H-pyrrole nitrogens is 1. The van der Waals surface area contributed by atoms with Gasteiger partial charge >= 0.3 is 0 Å². The van der Waals surface area contributed by atoms with E-state index in [2.05, 4.69) is 37.3 Å². The van der Waals surface area contributed by atoms with Crippen molar-refractivity contribution < 1.29 is 14.1 Å². The third-order valence-electron chi connectivity index (χ3n) is 7.88. The number of fused-ring (bicyclic) bond motifs is 1. The summed E-state index contributed by atoms with van der Waals surface area (Å²) in [7, 11) is 0. The maximum Gasteiger partial charge on any atom is 0.290 e. The van der Waals surface area contributed by atoms with Gasteiger partial charge in [-0.2, -0.15) is 4.98 Å². The maximum atomic E-state index is 11.5. The third kappa shape index (κ3) is 3.98. The fraction of sp³-hybridized carbons (Fsp3) is 0.538. The summed E-state index contributed by atoms with van der Waals surface area (Å²) >= 11 is 0. The van der Waals surface area contributed by atoms with E-state index < -0.39 is 5.91 Å². The first-order valence-corrected chi connectivity index (χ1v) is 12.6. The molecule has 1 amide bonds. The Labute approximate surface area is 209 Å². The van der Waals surface area contributed by atoms with Gasteiger partial charge in [0.25, 0.3) is 17.6 Å². The third-order valence-corrected chi connectivity index (χ3v) is 7.88. The SMILES string of the molecule is C=C(NC12CC3CC(C1)C(Nc1c(-c4nc(C(N)=O)no4)cnc4[nH]ccc14)C(C3)C2)OC(C)(C)C. The van der Waals surface area contributed by atoms with E-state index in [4.69, 9.17) is 15.0 Å². The lowest BCUT2D eigenvalue weighted by atomic mass is 9.51. The molecule has 2 unspecified atom stereocenters. The fourth-order valence-corrected chi connectivity index (χ4v) is 7.03. The zero-order valence-electron chi connectivity index (χ0n) is 20.9. The normalized spacial score (nSPS) is 28.9. The lowest BCUT2D eigenvalue weighted by molar-refractivity contribution is -0.0442. The van der Waals surface area contributed by atoms with E-state index in [9.17, 15) is 4.79 Å². The smallest absolute Gasteiger partial charge is 0.290 e. The van der Waals surface area contributed by atoms with Gasteiger partial charge in [-0.25, -0.2) is 4.98 Å². The van der Waals surface area contributed by atoms with Crippen LogP contribution in [-0.4, -0.2) is 43.2 Å². The average molecular weight is 492 g/mol. The fourth-order valence-electron chi connectivity index (χ4n) is 7.03. The summed E-state index contributed by atoms with van der Waals surface area (Å²) in [6.45, 7) is 10.3. The van der Waals surface area contributed by atoms with Gasteiger partial charge in [0.1, 0.15) is 11.2 Å². The molecule has 3 aromatic heterocycles. The minimum atomic E-state index is -0.731. The minimum absolute atomic E-state index is 0.0321. The van der Waals surface area contributed by atoms with Gasteiger partial charge in [0.05, 0.1) is 11.3 Å². The van der Waals surface area contributed by atoms with Crippen molar-refractivity contribution in [3.05, 3.63) is 36.7 Å². The Bertz CT molecular complexity index is 1320. The summed E-state index contributed by atoms with van der Waals surface area (Å²) in [5.74, 6) is 1.72. The number of carbonyl (C=O) groups excluding carboxylic acids is 1. The number of anilines is 1. The zero-order chi connectivity index (χ0) is 25.2. The number of nitrogens with zero attached hydrogens (tertiary/aromatic N) is 3. The first-order chi connectivity index (χ1) is 17.1. The molecule has 0 spiro atoms. The molecule has 36 heavy (non-hydrogen) atoms. The van der Waals surface area contributed by atoms with Gasteiger partial charge in [0.15, 0.2) is 5.88 Å². The number of primary amides is 1. The van der Waals surface area contributed by atoms with E-state index in [1.807, 2.05) is 33.0 Å². The van der Waals surface area contributed by atoms with Gasteiger partial charge in [-0.3, -0.25) is 4.79 Å². The monoisotopic (exact) mass is 491 g/mol. The van der Waals surface area contributed by atoms with E-state index >= 15 is 0 Å². The van der Waals surface area contributed by atoms with Crippen molar-refractivity contribution in [2.45, 2.75) is 70.1 Å². The van der Waals surface area contributed by atoms with Crippen molar-refractivity contribution >= 4 is 22.6 Å². The van der Waals surface area contributed by atoms with Crippen LogP contribution in [-0.2, 0) is 4.74 Å². The van der Waals surface area contributed by atoms with Gasteiger partial charge < -0.3 is 30.6 Å². The van der Waals surface area contributed by atoms with Crippen molar-refractivity contribution in [3.8, 4) is 11.5 Å². The van der Waals surface area contributed by atoms with Crippen LogP contribution in [0.25, 0.3) is 22.5 Å². The Morgan fingerprint density at radius 2 is 2.03 bits per heavy atom. The molecule has 5 N–H and O–H groups in total. The number of ether oxygens (including phenoxy) is 1. The minimum Gasteiger partial charge on any atom is -0.474 e. The molecule has 7 rings (SSSR count). The number of nitrogens with two attached hydrogens (primary N) is 1. The molecular formula is C26H33N7O3. The molecule has 10 heteroatoms.